The summed E-state index contributed by atoms with van der Waals surface area (Å²) in [7, 11) is -4.27. The Morgan fingerprint density at radius 1 is 1.02 bits per heavy atom. The summed E-state index contributed by atoms with van der Waals surface area (Å²) in [6.07, 6.45) is 3.55. The molecule has 212 valence electrons. The Morgan fingerprint density at radius 2 is 1.83 bits per heavy atom. The number of sulfonamides is 1. The summed E-state index contributed by atoms with van der Waals surface area (Å²) in [5.74, 6) is 0.372. The molecule has 0 bridgehead atoms. The van der Waals surface area contributed by atoms with E-state index >= 15 is 0 Å². The van der Waals surface area contributed by atoms with Gasteiger partial charge in [-0.05, 0) is 62.6 Å². The first kappa shape index (κ1) is 28.0. The Balaban J connectivity index is 1.50. The van der Waals surface area contributed by atoms with Gasteiger partial charge >= 0.3 is 0 Å². The van der Waals surface area contributed by atoms with Gasteiger partial charge in [-0.2, -0.15) is 8.42 Å². The largest absolute Gasteiger partial charge is 0.475 e. The Hall–Kier alpha value is -4.51. The van der Waals surface area contributed by atoms with E-state index in [1.54, 1.807) is 24.4 Å². The first-order valence-electron chi connectivity index (χ1n) is 13.4. The molecule has 0 spiro atoms. The third-order valence-electron chi connectivity index (χ3n) is 6.75. The molecule has 1 fully saturated rings. The average molecular weight is 573 g/mol. The number of pyridine rings is 3. The molecule has 1 aromatic carbocycles. The maximum Gasteiger partial charge on any atom is 0.281 e. The molecule has 0 radical (unpaired) electrons. The fourth-order valence-electron chi connectivity index (χ4n) is 4.85. The van der Waals surface area contributed by atoms with Crippen molar-refractivity contribution in [2.45, 2.75) is 43.7 Å². The lowest BCUT2D eigenvalue weighted by atomic mass is 9.90. The minimum absolute atomic E-state index is 0.00802. The molecule has 1 aliphatic heterocycles. The number of ether oxygens (including phenoxy) is 1. The topological polar surface area (TPSA) is 140 Å². The van der Waals surface area contributed by atoms with E-state index in [0.29, 0.717) is 30.5 Å². The minimum Gasteiger partial charge on any atom is -0.475 e. The van der Waals surface area contributed by atoms with E-state index in [4.69, 9.17) is 15.5 Å². The number of nitrogens with one attached hydrogen (secondary N) is 1. The van der Waals surface area contributed by atoms with Crippen LogP contribution in [-0.2, 0) is 10.0 Å². The highest BCUT2D eigenvalue weighted by atomic mass is 32.2. The van der Waals surface area contributed by atoms with Crippen molar-refractivity contribution in [1.82, 2.24) is 19.7 Å². The third kappa shape index (κ3) is 6.63. The Kier molecular flexibility index (Phi) is 8.16. The number of benzene rings is 1. The van der Waals surface area contributed by atoms with Gasteiger partial charge in [0.25, 0.3) is 15.9 Å². The van der Waals surface area contributed by atoms with Gasteiger partial charge in [-0.25, -0.2) is 19.7 Å². The number of carbonyl (C=O) groups excluding carboxylic acids is 1. The van der Waals surface area contributed by atoms with Crippen LogP contribution in [0.25, 0.3) is 11.3 Å². The van der Waals surface area contributed by atoms with Gasteiger partial charge in [0.15, 0.2) is 5.03 Å². The summed E-state index contributed by atoms with van der Waals surface area (Å²) in [5.41, 5.74) is 8.35. The number of nitrogens with zero attached hydrogens (tertiary/aromatic N) is 4. The molecule has 3 N–H and O–H groups in total. The van der Waals surface area contributed by atoms with Crippen LogP contribution in [0.1, 0.15) is 48.5 Å². The molecule has 3 aromatic heterocycles. The third-order valence-corrected chi connectivity index (χ3v) is 7.98. The van der Waals surface area contributed by atoms with Crippen LogP contribution < -0.4 is 20.1 Å². The SMILES string of the molecule is CC(C)Oc1ccc(-c2ccc(C(=O)NS(=O)(=O)c3cccc(N)n3)c(N3CCCC(c4ccccc4)C3)n2)cn1. The first-order valence-corrected chi connectivity index (χ1v) is 14.9. The summed E-state index contributed by atoms with van der Waals surface area (Å²) in [4.78, 5) is 28.7. The lowest BCUT2D eigenvalue weighted by Crippen LogP contribution is -2.38. The van der Waals surface area contributed by atoms with E-state index in [-0.39, 0.29) is 28.4 Å². The maximum atomic E-state index is 13.5. The number of piperidine rings is 1. The molecule has 1 unspecified atom stereocenters. The predicted molar refractivity (Wildman–Crippen MR) is 157 cm³/mol. The lowest BCUT2D eigenvalue weighted by Gasteiger charge is -2.35. The molecule has 0 aliphatic carbocycles. The zero-order valence-electron chi connectivity index (χ0n) is 22.9. The van der Waals surface area contributed by atoms with Gasteiger partial charge < -0.3 is 15.4 Å². The van der Waals surface area contributed by atoms with E-state index < -0.39 is 15.9 Å². The number of nitrogens with two attached hydrogens (primary N) is 1. The van der Waals surface area contributed by atoms with E-state index in [1.807, 2.05) is 38.1 Å². The van der Waals surface area contributed by atoms with Crippen LogP contribution in [0.3, 0.4) is 0 Å². The molecule has 4 aromatic rings. The fraction of sp³-hybridized carbons (Fsp3) is 0.267. The van der Waals surface area contributed by atoms with E-state index in [9.17, 15) is 13.2 Å². The lowest BCUT2D eigenvalue weighted by molar-refractivity contribution is 0.0981. The average Bonchev–Trinajstić information content (AvgIpc) is 2.97. The molecule has 5 rings (SSSR count). The highest BCUT2D eigenvalue weighted by molar-refractivity contribution is 7.90. The van der Waals surface area contributed by atoms with Crippen LogP contribution >= 0.6 is 0 Å². The molecule has 41 heavy (non-hydrogen) atoms. The molecule has 10 nitrogen and oxygen atoms in total. The predicted octanol–water partition coefficient (Wildman–Crippen LogP) is 4.41. The van der Waals surface area contributed by atoms with Crippen molar-refractivity contribution in [3.8, 4) is 17.1 Å². The zero-order valence-corrected chi connectivity index (χ0v) is 23.7. The summed E-state index contributed by atoms with van der Waals surface area (Å²) < 4.78 is 33.8. The molecule has 11 heteroatoms. The van der Waals surface area contributed by atoms with Crippen LogP contribution in [0.5, 0.6) is 5.88 Å². The number of hydrogen-bond acceptors (Lipinski definition) is 9. The Bertz CT molecular complexity index is 1630. The summed E-state index contributed by atoms with van der Waals surface area (Å²) >= 11 is 0. The first-order chi connectivity index (χ1) is 19.7. The molecule has 1 aliphatic rings. The van der Waals surface area contributed by atoms with Gasteiger partial charge in [0, 0.05) is 36.8 Å². The van der Waals surface area contributed by atoms with Crippen LogP contribution in [0, 0.1) is 0 Å². The Labute approximate surface area is 239 Å². The maximum absolute atomic E-state index is 13.5. The van der Waals surface area contributed by atoms with Gasteiger partial charge in [-0.1, -0.05) is 36.4 Å². The van der Waals surface area contributed by atoms with Crippen molar-refractivity contribution < 1.29 is 17.9 Å². The van der Waals surface area contributed by atoms with E-state index in [1.165, 1.54) is 23.8 Å². The smallest absolute Gasteiger partial charge is 0.281 e. The van der Waals surface area contributed by atoms with Crippen molar-refractivity contribution in [2.24, 2.45) is 0 Å². The Morgan fingerprint density at radius 3 is 2.54 bits per heavy atom. The van der Waals surface area contributed by atoms with E-state index in [2.05, 4.69) is 31.7 Å². The second kappa shape index (κ2) is 11.9. The number of rotatable bonds is 8. The van der Waals surface area contributed by atoms with Crippen LogP contribution in [-0.4, -0.2) is 48.5 Å². The van der Waals surface area contributed by atoms with Gasteiger partial charge in [-0.3, -0.25) is 4.79 Å². The second-order valence-corrected chi connectivity index (χ2v) is 11.8. The molecule has 0 saturated carbocycles. The fourth-order valence-corrected chi connectivity index (χ4v) is 5.79. The quantitative estimate of drug-likeness (QED) is 0.314. The highest BCUT2D eigenvalue weighted by Crippen LogP contribution is 2.32. The number of carbonyl (C=O) groups is 1. The highest BCUT2D eigenvalue weighted by Gasteiger charge is 2.28. The number of hydrogen-bond donors (Lipinski definition) is 2. The standard InChI is InChI=1S/C30H32N6O4S/c1-20(2)40-27-16-13-22(18-32-27)25-15-14-24(30(37)35-41(38,39)28-12-6-11-26(31)34-28)29(33-25)36-17-7-10-23(19-36)21-8-4-3-5-9-21/h3-6,8-9,11-16,18,20,23H,7,10,17,19H2,1-2H3,(H2,31,34)(H,35,37). The molecule has 1 atom stereocenters. The van der Waals surface area contributed by atoms with E-state index in [0.717, 1.165) is 18.4 Å². The van der Waals surface area contributed by atoms with Crippen molar-refractivity contribution in [3.63, 3.8) is 0 Å². The number of aromatic nitrogens is 3. The molecular formula is C30H32N6O4S. The van der Waals surface area contributed by atoms with Crippen molar-refractivity contribution in [2.75, 3.05) is 23.7 Å². The molecule has 4 heterocycles. The summed E-state index contributed by atoms with van der Waals surface area (Å²) in [6, 6.07) is 21.3. The number of amides is 1. The number of anilines is 2. The van der Waals surface area contributed by atoms with Crippen LogP contribution in [0.4, 0.5) is 11.6 Å². The van der Waals surface area contributed by atoms with Gasteiger partial charge in [0.1, 0.15) is 11.6 Å². The molecular weight excluding hydrogens is 540 g/mol. The molecule has 1 saturated heterocycles. The normalized spacial score (nSPS) is 15.5. The summed E-state index contributed by atoms with van der Waals surface area (Å²) in [5, 5.41) is -0.339. The van der Waals surface area contributed by atoms with Crippen molar-refractivity contribution in [1.29, 1.82) is 0 Å². The van der Waals surface area contributed by atoms with Gasteiger partial charge in [-0.15, -0.1) is 0 Å². The second-order valence-electron chi connectivity index (χ2n) is 10.2. The van der Waals surface area contributed by atoms with Gasteiger partial charge in [0.2, 0.25) is 5.88 Å². The molecule has 1 amide bonds. The monoisotopic (exact) mass is 572 g/mol. The summed E-state index contributed by atoms with van der Waals surface area (Å²) in [6.45, 7) is 5.15. The van der Waals surface area contributed by atoms with Crippen LogP contribution in [0.2, 0.25) is 0 Å². The number of nitrogen functional groups attached to an aromatic ring is 1. The van der Waals surface area contributed by atoms with Crippen LogP contribution in [0.15, 0.2) is 84.0 Å². The van der Waals surface area contributed by atoms with Gasteiger partial charge in [0.05, 0.1) is 17.4 Å². The zero-order chi connectivity index (χ0) is 29.0. The van der Waals surface area contributed by atoms with Crippen molar-refractivity contribution >= 4 is 27.6 Å². The van der Waals surface area contributed by atoms with Crippen molar-refractivity contribution in [3.05, 3.63) is 90.1 Å². The minimum atomic E-state index is -4.27.